The Morgan fingerprint density at radius 3 is 2.43 bits per heavy atom. The zero-order valence-electron chi connectivity index (χ0n) is 19.8. The van der Waals surface area contributed by atoms with Gasteiger partial charge >= 0.3 is 5.76 Å². The summed E-state index contributed by atoms with van der Waals surface area (Å²) < 4.78 is 11.5. The quantitative estimate of drug-likeness (QED) is 0.176. The van der Waals surface area contributed by atoms with Crippen LogP contribution in [0.3, 0.4) is 0 Å². The van der Waals surface area contributed by atoms with Gasteiger partial charge in [-0.2, -0.15) is 0 Å². The van der Waals surface area contributed by atoms with E-state index in [-0.39, 0.29) is 5.78 Å². The van der Waals surface area contributed by atoms with E-state index in [9.17, 15) is 14.7 Å². The summed E-state index contributed by atoms with van der Waals surface area (Å²) in [5.41, 5.74) is 2.90. The van der Waals surface area contributed by atoms with Crippen molar-refractivity contribution in [3.63, 3.8) is 0 Å². The second-order valence-corrected chi connectivity index (χ2v) is 8.46. The largest absolute Gasteiger partial charge is 0.497 e. The normalized spacial score (nSPS) is 12.1. The van der Waals surface area contributed by atoms with Crippen molar-refractivity contribution in [1.82, 2.24) is 9.88 Å². The zero-order valence-corrected chi connectivity index (χ0v) is 19.8. The predicted molar refractivity (Wildman–Crippen MR) is 135 cm³/mol. The number of aliphatic hydroxyl groups is 1. The number of benzene rings is 3. The number of methoxy groups -OCH3 is 1. The lowest BCUT2D eigenvalue weighted by molar-refractivity contribution is 0.0646. The molecule has 1 atom stereocenters. The summed E-state index contributed by atoms with van der Waals surface area (Å²) in [4.78, 5) is 25.3. The number of aromatic nitrogens is 1. The van der Waals surface area contributed by atoms with Crippen LogP contribution in [0, 0.1) is 0 Å². The number of carbonyl (C=O) groups is 1. The number of aryl methyl sites for hydroxylation is 1. The minimum Gasteiger partial charge on any atom is -0.497 e. The molecule has 4 aromatic rings. The standard InChI is InChI=1S/C28H30N2O5/c1-34-23-15-12-21(13-16-23)26(31)22-14-17-25-24(19-22)30(28(33)35-25)27(32)29-18-8-3-2-5-9-20-10-6-4-7-11-20/h4,6-7,10-17,19,27,29,32H,2-3,5,8-9,18H2,1H3. The monoisotopic (exact) mass is 474 g/mol. The third-order valence-electron chi connectivity index (χ3n) is 6.03. The SMILES string of the molecule is COc1ccc(C(=O)c2ccc3oc(=O)n(C(O)NCCCCCCc4ccccc4)c3c2)cc1. The van der Waals surface area contributed by atoms with Crippen molar-refractivity contribution in [3.05, 3.63) is 100 Å². The lowest BCUT2D eigenvalue weighted by Gasteiger charge is -2.14. The number of rotatable bonds is 12. The first-order valence-electron chi connectivity index (χ1n) is 11.9. The molecule has 0 aliphatic heterocycles. The van der Waals surface area contributed by atoms with Crippen molar-refractivity contribution >= 4 is 16.9 Å². The molecular weight excluding hydrogens is 444 g/mol. The Hall–Kier alpha value is -3.68. The number of nitrogens with one attached hydrogen (secondary N) is 1. The van der Waals surface area contributed by atoms with Crippen LogP contribution >= 0.6 is 0 Å². The number of hydrogen-bond acceptors (Lipinski definition) is 6. The number of ketones is 1. The van der Waals surface area contributed by atoms with Gasteiger partial charge in [0.15, 0.2) is 17.7 Å². The summed E-state index contributed by atoms with van der Waals surface area (Å²) in [7, 11) is 1.56. The molecule has 0 spiro atoms. The fraction of sp³-hybridized carbons (Fsp3) is 0.286. The summed E-state index contributed by atoms with van der Waals surface area (Å²) in [6.07, 6.45) is 3.91. The minimum absolute atomic E-state index is 0.201. The van der Waals surface area contributed by atoms with Gasteiger partial charge in [0.25, 0.3) is 0 Å². The van der Waals surface area contributed by atoms with Crippen LogP contribution < -0.4 is 15.8 Å². The molecule has 182 valence electrons. The van der Waals surface area contributed by atoms with Gasteiger partial charge in [0.05, 0.1) is 12.6 Å². The average molecular weight is 475 g/mol. The fourth-order valence-electron chi connectivity index (χ4n) is 4.09. The molecule has 3 aromatic carbocycles. The Kier molecular flexibility index (Phi) is 8.13. The van der Waals surface area contributed by atoms with Gasteiger partial charge in [0, 0.05) is 11.1 Å². The molecule has 7 heteroatoms. The van der Waals surface area contributed by atoms with Crippen LogP contribution in [0.1, 0.15) is 53.5 Å². The molecule has 35 heavy (non-hydrogen) atoms. The highest BCUT2D eigenvalue weighted by Gasteiger charge is 2.18. The first-order chi connectivity index (χ1) is 17.1. The van der Waals surface area contributed by atoms with Crippen molar-refractivity contribution in [2.24, 2.45) is 0 Å². The van der Waals surface area contributed by atoms with E-state index in [0.29, 0.717) is 34.5 Å². The van der Waals surface area contributed by atoms with Crippen LogP contribution in [0.15, 0.2) is 82.0 Å². The van der Waals surface area contributed by atoms with E-state index in [4.69, 9.17) is 9.15 Å². The number of hydrogen-bond donors (Lipinski definition) is 2. The Balaban J connectivity index is 1.35. The van der Waals surface area contributed by atoms with Crippen LogP contribution in [0.2, 0.25) is 0 Å². The van der Waals surface area contributed by atoms with Crippen molar-refractivity contribution < 1.29 is 19.1 Å². The molecule has 0 radical (unpaired) electrons. The second-order valence-electron chi connectivity index (χ2n) is 8.46. The number of oxazole rings is 1. The molecule has 0 aliphatic rings. The highest BCUT2D eigenvalue weighted by atomic mass is 16.5. The molecule has 1 aromatic heterocycles. The van der Waals surface area contributed by atoms with Crippen molar-refractivity contribution in [2.75, 3.05) is 13.7 Å². The Bertz CT molecular complexity index is 1310. The molecule has 2 N–H and O–H groups in total. The summed E-state index contributed by atoms with van der Waals surface area (Å²) in [5.74, 6) is -0.226. The first kappa shape index (κ1) is 24.4. The van der Waals surface area contributed by atoms with Gasteiger partial charge in [-0.25, -0.2) is 9.36 Å². The maximum Gasteiger partial charge on any atom is 0.423 e. The van der Waals surface area contributed by atoms with E-state index >= 15 is 0 Å². The molecule has 7 nitrogen and oxygen atoms in total. The van der Waals surface area contributed by atoms with Gasteiger partial charge < -0.3 is 14.3 Å². The smallest absolute Gasteiger partial charge is 0.423 e. The van der Waals surface area contributed by atoms with E-state index < -0.39 is 12.1 Å². The minimum atomic E-state index is -1.25. The Morgan fingerprint density at radius 1 is 0.971 bits per heavy atom. The average Bonchev–Trinajstić information content (AvgIpc) is 3.23. The van der Waals surface area contributed by atoms with Crippen LogP contribution in [-0.2, 0) is 6.42 Å². The third kappa shape index (κ3) is 6.07. The fourth-order valence-corrected chi connectivity index (χ4v) is 4.09. The van der Waals surface area contributed by atoms with Gasteiger partial charge in [0.2, 0.25) is 0 Å². The van der Waals surface area contributed by atoms with Crippen LogP contribution in [0.5, 0.6) is 5.75 Å². The van der Waals surface area contributed by atoms with Crippen molar-refractivity contribution in [1.29, 1.82) is 0 Å². The van der Waals surface area contributed by atoms with E-state index in [0.717, 1.165) is 36.7 Å². The second kappa shape index (κ2) is 11.6. The first-order valence-corrected chi connectivity index (χ1v) is 11.9. The molecule has 1 unspecified atom stereocenters. The van der Waals surface area contributed by atoms with Crippen molar-refractivity contribution in [2.45, 2.75) is 38.5 Å². The highest BCUT2D eigenvalue weighted by Crippen LogP contribution is 2.21. The number of aliphatic hydroxyl groups excluding tert-OH is 1. The molecule has 0 aliphatic carbocycles. The van der Waals surface area contributed by atoms with E-state index in [1.54, 1.807) is 49.6 Å². The van der Waals surface area contributed by atoms with Crippen molar-refractivity contribution in [3.8, 4) is 5.75 Å². The van der Waals surface area contributed by atoms with Gasteiger partial charge in [-0.15, -0.1) is 0 Å². The summed E-state index contributed by atoms with van der Waals surface area (Å²) >= 11 is 0. The van der Waals surface area contributed by atoms with Crippen LogP contribution in [-0.4, -0.2) is 29.1 Å². The Labute approximate surface area is 204 Å². The predicted octanol–water partition coefficient (Wildman–Crippen LogP) is 4.68. The van der Waals surface area contributed by atoms with Crippen LogP contribution in [0.4, 0.5) is 0 Å². The number of carbonyl (C=O) groups excluding carboxylic acids is 1. The topological polar surface area (TPSA) is 93.7 Å². The molecule has 0 saturated carbocycles. The van der Waals surface area contributed by atoms with Gasteiger partial charge in [-0.3, -0.25) is 10.1 Å². The van der Waals surface area contributed by atoms with Gasteiger partial charge in [-0.1, -0.05) is 43.2 Å². The molecule has 0 saturated heterocycles. The Morgan fingerprint density at radius 2 is 1.69 bits per heavy atom. The lowest BCUT2D eigenvalue weighted by atomic mass is 10.0. The number of fused-ring (bicyclic) bond motifs is 1. The molecule has 1 heterocycles. The molecule has 0 bridgehead atoms. The molecule has 0 amide bonds. The van der Waals surface area contributed by atoms with E-state index in [2.05, 4.69) is 29.6 Å². The van der Waals surface area contributed by atoms with Crippen LogP contribution in [0.25, 0.3) is 11.1 Å². The lowest BCUT2D eigenvalue weighted by Crippen LogP contribution is -2.32. The molecular formula is C28H30N2O5. The number of nitrogens with zero attached hydrogens (tertiary/aromatic N) is 1. The summed E-state index contributed by atoms with van der Waals surface area (Å²) in [6.45, 7) is 0.552. The number of ether oxygens (including phenoxy) is 1. The maximum atomic E-state index is 12.9. The van der Waals surface area contributed by atoms with Gasteiger partial charge in [0.1, 0.15) is 5.75 Å². The number of unbranched alkanes of at least 4 members (excludes halogenated alkanes) is 3. The summed E-state index contributed by atoms with van der Waals surface area (Å²) in [5, 5.41) is 13.6. The third-order valence-corrected chi connectivity index (χ3v) is 6.03. The molecule has 0 fully saturated rings. The van der Waals surface area contributed by atoms with E-state index in [1.165, 1.54) is 5.56 Å². The molecule has 4 rings (SSSR count). The van der Waals surface area contributed by atoms with E-state index in [1.807, 2.05) is 6.07 Å². The summed E-state index contributed by atoms with van der Waals surface area (Å²) in [6, 6.07) is 22.0. The zero-order chi connectivity index (χ0) is 24.6. The maximum absolute atomic E-state index is 12.9. The highest BCUT2D eigenvalue weighted by molar-refractivity contribution is 6.10. The van der Waals surface area contributed by atoms with Gasteiger partial charge in [-0.05, 0) is 73.8 Å².